The number of nitrogens with zero attached hydrogens (tertiary/aromatic N) is 3. The smallest absolute Gasteiger partial charge is 0.0110 e. The van der Waals surface area contributed by atoms with E-state index in [1.165, 1.54) is 65.2 Å². The van der Waals surface area contributed by atoms with E-state index in [0.717, 1.165) is 5.92 Å². The first-order chi connectivity index (χ1) is 9.78. The average Bonchev–Trinajstić information content (AvgIpc) is 2.54. The predicted octanol–water partition coefficient (Wildman–Crippen LogP) is 3.02. The van der Waals surface area contributed by atoms with Gasteiger partial charge in [-0.1, -0.05) is 34.6 Å². The molecule has 2 fully saturated rings. The van der Waals surface area contributed by atoms with Gasteiger partial charge in [-0.3, -0.25) is 0 Å². The summed E-state index contributed by atoms with van der Waals surface area (Å²) in [7, 11) is 2.23. The van der Waals surface area contributed by atoms with Crippen LogP contribution >= 0.6 is 0 Å². The highest BCUT2D eigenvalue weighted by molar-refractivity contribution is 4.77. The number of hydrogen-bond acceptors (Lipinski definition) is 3. The van der Waals surface area contributed by atoms with Crippen molar-refractivity contribution in [3.8, 4) is 0 Å². The molecule has 1 atom stereocenters. The van der Waals surface area contributed by atoms with Crippen molar-refractivity contribution in [2.75, 3.05) is 59.4 Å². The summed E-state index contributed by atoms with van der Waals surface area (Å²) in [6, 6.07) is 0. The number of piperazine rings is 1. The second-order valence-electron chi connectivity index (χ2n) is 5.51. The predicted molar refractivity (Wildman–Crippen MR) is 91.5 cm³/mol. The van der Waals surface area contributed by atoms with E-state index in [2.05, 4.69) is 28.7 Å². The number of likely N-dealkylation sites (N-methyl/N-ethyl adjacent to an activating group) is 1. The molecule has 0 saturated carbocycles. The van der Waals surface area contributed by atoms with Crippen molar-refractivity contribution >= 4 is 0 Å². The number of hydrogen-bond donors (Lipinski definition) is 0. The van der Waals surface area contributed by atoms with Gasteiger partial charge in [0.05, 0.1) is 0 Å². The zero-order chi connectivity index (χ0) is 15.4. The summed E-state index contributed by atoms with van der Waals surface area (Å²) in [6.45, 7) is 20.6. The van der Waals surface area contributed by atoms with Gasteiger partial charge in [-0.15, -0.1) is 0 Å². The lowest BCUT2D eigenvalue weighted by Gasteiger charge is -2.38. The molecule has 0 aromatic heterocycles. The van der Waals surface area contributed by atoms with Gasteiger partial charge in [-0.2, -0.15) is 0 Å². The van der Waals surface area contributed by atoms with E-state index in [9.17, 15) is 0 Å². The molecular formula is C17H39N3. The first-order valence-electron chi connectivity index (χ1n) is 8.91. The highest BCUT2D eigenvalue weighted by atomic mass is 15.2. The molecule has 0 radical (unpaired) electrons. The largest absolute Gasteiger partial charge is 0.304 e. The summed E-state index contributed by atoms with van der Waals surface area (Å²) in [4.78, 5) is 7.73. The molecule has 0 spiro atoms. The Morgan fingerprint density at radius 1 is 0.850 bits per heavy atom. The van der Waals surface area contributed by atoms with Gasteiger partial charge >= 0.3 is 0 Å². The van der Waals surface area contributed by atoms with E-state index in [1.54, 1.807) is 0 Å². The van der Waals surface area contributed by atoms with E-state index in [0.29, 0.717) is 0 Å². The number of rotatable bonds is 3. The Morgan fingerprint density at radius 2 is 1.45 bits per heavy atom. The SMILES string of the molecule is CC.CC.CCN1CCCC(CN2CCN(C)CC2)C1. The summed E-state index contributed by atoms with van der Waals surface area (Å²) in [5.41, 5.74) is 0. The fraction of sp³-hybridized carbons (Fsp3) is 1.00. The third-order valence-electron chi connectivity index (χ3n) is 4.16. The monoisotopic (exact) mass is 285 g/mol. The van der Waals surface area contributed by atoms with Crippen LogP contribution in [0.2, 0.25) is 0 Å². The Bertz CT molecular complexity index is 200. The van der Waals surface area contributed by atoms with Crippen molar-refractivity contribution in [1.29, 1.82) is 0 Å². The molecule has 0 aliphatic carbocycles. The molecule has 3 heteroatoms. The lowest BCUT2D eigenvalue weighted by atomic mass is 9.97. The van der Waals surface area contributed by atoms with Crippen molar-refractivity contribution in [2.45, 2.75) is 47.5 Å². The minimum atomic E-state index is 0.928. The molecule has 2 heterocycles. The second kappa shape index (κ2) is 12.6. The summed E-state index contributed by atoms with van der Waals surface area (Å²) in [5, 5.41) is 0. The molecule has 2 aliphatic rings. The van der Waals surface area contributed by atoms with Crippen LogP contribution < -0.4 is 0 Å². The zero-order valence-corrected chi connectivity index (χ0v) is 15.0. The summed E-state index contributed by atoms with van der Waals surface area (Å²) in [6.07, 6.45) is 2.86. The Hall–Kier alpha value is -0.120. The van der Waals surface area contributed by atoms with Crippen LogP contribution in [0.1, 0.15) is 47.5 Å². The van der Waals surface area contributed by atoms with Gasteiger partial charge in [0, 0.05) is 39.3 Å². The average molecular weight is 286 g/mol. The fourth-order valence-corrected chi connectivity index (χ4v) is 2.98. The first kappa shape index (κ1) is 19.9. The lowest BCUT2D eigenvalue weighted by Crippen LogP contribution is -2.48. The minimum Gasteiger partial charge on any atom is -0.304 e. The van der Waals surface area contributed by atoms with Gasteiger partial charge in [-0.25, -0.2) is 0 Å². The van der Waals surface area contributed by atoms with Gasteiger partial charge in [0.15, 0.2) is 0 Å². The Morgan fingerprint density at radius 3 is 2.00 bits per heavy atom. The van der Waals surface area contributed by atoms with Crippen LogP contribution in [0.3, 0.4) is 0 Å². The van der Waals surface area contributed by atoms with Crippen LogP contribution in [-0.2, 0) is 0 Å². The minimum absolute atomic E-state index is 0.928. The van der Waals surface area contributed by atoms with Gasteiger partial charge in [0.2, 0.25) is 0 Å². The standard InChI is InChI=1S/C13H27N3.2C2H6/c1-3-15-6-4-5-13(11-15)12-16-9-7-14(2)8-10-16;2*1-2/h13H,3-12H2,1-2H3;2*1-2H3. The molecule has 0 aromatic carbocycles. The van der Waals surface area contributed by atoms with E-state index < -0.39 is 0 Å². The molecule has 0 bridgehead atoms. The van der Waals surface area contributed by atoms with E-state index in [4.69, 9.17) is 0 Å². The Labute approximate surface area is 128 Å². The molecule has 3 nitrogen and oxygen atoms in total. The zero-order valence-electron chi connectivity index (χ0n) is 15.0. The molecule has 0 N–H and O–H groups in total. The van der Waals surface area contributed by atoms with Crippen LogP contribution in [0.15, 0.2) is 0 Å². The maximum absolute atomic E-state index is 2.67. The highest BCUT2D eigenvalue weighted by Crippen LogP contribution is 2.17. The quantitative estimate of drug-likeness (QED) is 0.789. The van der Waals surface area contributed by atoms with E-state index >= 15 is 0 Å². The van der Waals surface area contributed by atoms with Crippen LogP contribution in [0, 0.1) is 5.92 Å². The molecule has 2 saturated heterocycles. The molecule has 2 aliphatic heterocycles. The molecule has 20 heavy (non-hydrogen) atoms. The lowest BCUT2D eigenvalue weighted by molar-refractivity contribution is 0.101. The third-order valence-corrected chi connectivity index (χ3v) is 4.16. The maximum Gasteiger partial charge on any atom is 0.0110 e. The van der Waals surface area contributed by atoms with Crippen molar-refractivity contribution in [1.82, 2.24) is 14.7 Å². The van der Waals surface area contributed by atoms with E-state index in [-0.39, 0.29) is 0 Å². The van der Waals surface area contributed by atoms with Crippen molar-refractivity contribution in [2.24, 2.45) is 5.92 Å². The molecule has 0 aromatic rings. The first-order valence-corrected chi connectivity index (χ1v) is 8.91. The molecule has 122 valence electrons. The van der Waals surface area contributed by atoms with Gasteiger partial charge in [-0.05, 0) is 38.9 Å². The molecule has 0 amide bonds. The normalized spacial score (nSPS) is 25.2. The maximum atomic E-state index is 2.67. The van der Waals surface area contributed by atoms with Gasteiger partial charge in [0.1, 0.15) is 0 Å². The second-order valence-corrected chi connectivity index (χ2v) is 5.51. The van der Waals surface area contributed by atoms with E-state index in [1.807, 2.05) is 27.7 Å². The van der Waals surface area contributed by atoms with Crippen LogP contribution in [0.25, 0.3) is 0 Å². The van der Waals surface area contributed by atoms with Gasteiger partial charge in [0.25, 0.3) is 0 Å². The third kappa shape index (κ3) is 7.61. The fourth-order valence-electron chi connectivity index (χ4n) is 2.98. The van der Waals surface area contributed by atoms with Crippen LogP contribution in [0.4, 0.5) is 0 Å². The van der Waals surface area contributed by atoms with Crippen LogP contribution in [0.5, 0.6) is 0 Å². The topological polar surface area (TPSA) is 9.72 Å². The number of piperidine rings is 1. The summed E-state index contributed by atoms with van der Waals surface area (Å²) < 4.78 is 0. The highest BCUT2D eigenvalue weighted by Gasteiger charge is 2.22. The van der Waals surface area contributed by atoms with Crippen molar-refractivity contribution in [3.05, 3.63) is 0 Å². The van der Waals surface area contributed by atoms with Crippen LogP contribution in [-0.4, -0.2) is 74.1 Å². The Kier molecular flexibility index (Phi) is 12.5. The molecule has 2 rings (SSSR count). The van der Waals surface area contributed by atoms with Crippen molar-refractivity contribution in [3.63, 3.8) is 0 Å². The van der Waals surface area contributed by atoms with Crippen molar-refractivity contribution < 1.29 is 0 Å². The summed E-state index contributed by atoms with van der Waals surface area (Å²) >= 11 is 0. The summed E-state index contributed by atoms with van der Waals surface area (Å²) in [5.74, 6) is 0.928. The molecule has 1 unspecified atom stereocenters. The Balaban J connectivity index is 0.000000829. The number of likely N-dealkylation sites (tertiary alicyclic amines) is 1. The molecular weight excluding hydrogens is 246 g/mol. The van der Waals surface area contributed by atoms with Gasteiger partial charge < -0.3 is 14.7 Å².